The topological polar surface area (TPSA) is 56.6 Å². The van der Waals surface area contributed by atoms with E-state index >= 15 is 0 Å². The summed E-state index contributed by atoms with van der Waals surface area (Å²) in [6.07, 6.45) is 0.522. The first kappa shape index (κ1) is 17.6. The Labute approximate surface area is 185 Å². The highest BCUT2D eigenvalue weighted by molar-refractivity contribution is 7.99. The van der Waals surface area contributed by atoms with Crippen molar-refractivity contribution in [3.8, 4) is 5.69 Å². The van der Waals surface area contributed by atoms with Gasteiger partial charge in [0.15, 0.2) is 0 Å². The van der Waals surface area contributed by atoms with E-state index in [2.05, 4.69) is 33.3 Å². The predicted molar refractivity (Wildman–Crippen MR) is 121 cm³/mol. The average molecular weight is 429 g/mol. The number of aryl methyl sites for hydroxylation is 1. The van der Waals surface area contributed by atoms with E-state index in [0.717, 1.165) is 61.6 Å². The fourth-order valence-corrected chi connectivity index (χ4v) is 5.44. The minimum Gasteiger partial charge on any atom is -0.354 e. The molecule has 30 heavy (non-hydrogen) atoms. The normalized spacial score (nSPS) is 27.9. The van der Waals surface area contributed by atoms with E-state index in [1.807, 2.05) is 34.7 Å². The first-order valence-corrected chi connectivity index (χ1v) is 11.8. The van der Waals surface area contributed by atoms with Gasteiger partial charge in [0.05, 0.1) is 23.3 Å². The van der Waals surface area contributed by atoms with Crippen LogP contribution in [-0.4, -0.2) is 88.4 Å². The first-order chi connectivity index (χ1) is 15.4. The minimum atomic E-state index is -1.57. The summed E-state index contributed by atoms with van der Waals surface area (Å²) in [7, 11) is 0. The van der Waals surface area contributed by atoms with Crippen LogP contribution in [0.5, 0.6) is 0 Å². The standard InChI is InChI=1S/C22H30N6OS/c1-17-13-21(28(24-17)18-5-3-2-4-6-18)26-9-7-25(8-10-26)19-14-20(23-15-19)22(29)27-11-12-30-16-27/h2-6,13,19-20,23H,7-12,14-16H2,1H3/t19-,20-/m0/s1/i15D2. The van der Waals surface area contributed by atoms with E-state index in [-0.39, 0.29) is 11.9 Å². The molecule has 160 valence electrons. The van der Waals surface area contributed by atoms with Gasteiger partial charge in [0.1, 0.15) is 5.82 Å². The van der Waals surface area contributed by atoms with Crippen LogP contribution in [0.4, 0.5) is 5.82 Å². The molecule has 3 saturated heterocycles. The Morgan fingerprint density at radius 2 is 2.00 bits per heavy atom. The van der Waals surface area contributed by atoms with Gasteiger partial charge in [0, 0.05) is 59.8 Å². The number of hydrogen-bond donors (Lipinski definition) is 1. The molecule has 0 saturated carbocycles. The van der Waals surface area contributed by atoms with E-state index in [4.69, 9.17) is 7.84 Å². The maximum absolute atomic E-state index is 12.8. The smallest absolute Gasteiger partial charge is 0.240 e. The van der Waals surface area contributed by atoms with E-state index < -0.39 is 12.5 Å². The van der Waals surface area contributed by atoms with E-state index in [0.29, 0.717) is 6.42 Å². The number of amides is 1. The lowest BCUT2D eigenvalue weighted by Gasteiger charge is -2.38. The second-order valence-corrected chi connectivity index (χ2v) is 9.22. The molecule has 4 heterocycles. The van der Waals surface area contributed by atoms with Crippen molar-refractivity contribution in [2.75, 3.05) is 55.8 Å². The van der Waals surface area contributed by atoms with Crippen molar-refractivity contribution in [3.63, 3.8) is 0 Å². The van der Waals surface area contributed by atoms with E-state index in [9.17, 15) is 4.79 Å². The van der Waals surface area contributed by atoms with Crippen LogP contribution in [0, 0.1) is 6.92 Å². The van der Waals surface area contributed by atoms with Gasteiger partial charge < -0.3 is 15.1 Å². The minimum absolute atomic E-state index is 0.0437. The molecule has 2 aromatic rings. The molecule has 7 nitrogen and oxygen atoms in total. The summed E-state index contributed by atoms with van der Waals surface area (Å²) in [5.74, 6) is 2.80. The number of anilines is 1. The molecule has 1 amide bonds. The Morgan fingerprint density at radius 1 is 1.20 bits per heavy atom. The Hall–Kier alpha value is -2.03. The molecule has 3 fully saturated rings. The maximum atomic E-state index is 12.8. The molecule has 5 rings (SSSR count). The Bertz CT molecular complexity index is 957. The van der Waals surface area contributed by atoms with Gasteiger partial charge in [0.25, 0.3) is 0 Å². The third-order valence-corrected chi connectivity index (χ3v) is 7.10. The number of carbonyl (C=O) groups is 1. The van der Waals surface area contributed by atoms with Crippen molar-refractivity contribution in [1.29, 1.82) is 0 Å². The summed E-state index contributed by atoms with van der Waals surface area (Å²) in [4.78, 5) is 19.2. The second kappa shape index (κ2) is 8.61. The summed E-state index contributed by atoms with van der Waals surface area (Å²) in [5, 5.41) is 7.68. The molecule has 8 heteroatoms. The van der Waals surface area contributed by atoms with Crippen LogP contribution in [0.1, 0.15) is 14.9 Å². The zero-order chi connectivity index (χ0) is 22.3. The molecule has 0 aliphatic carbocycles. The fraction of sp³-hybridized carbons (Fsp3) is 0.545. The summed E-state index contributed by atoms with van der Waals surface area (Å²) < 4.78 is 19.1. The third kappa shape index (κ3) is 3.96. The number of carbonyl (C=O) groups excluding carboxylic acids is 1. The number of aromatic nitrogens is 2. The Morgan fingerprint density at radius 3 is 2.73 bits per heavy atom. The highest BCUT2D eigenvalue weighted by atomic mass is 32.2. The number of para-hydroxylation sites is 1. The molecule has 0 spiro atoms. The molecule has 0 unspecified atom stereocenters. The molecular formula is C22H30N6OS. The Kier molecular flexibility index (Phi) is 5.06. The van der Waals surface area contributed by atoms with E-state index in [1.165, 1.54) is 0 Å². The number of thioether (sulfide) groups is 1. The van der Waals surface area contributed by atoms with Crippen LogP contribution >= 0.6 is 11.8 Å². The Balaban J connectivity index is 1.26. The number of rotatable bonds is 4. The van der Waals surface area contributed by atoms with Crippen molar-refractivity contribution in [2.45, 2.75) is 25.4 Å². The largest absolute Gasteiger partial charge is 0.354 e. The molecule has 1 N–H and O–H groups in total. The van der Waals surface area contributed by atoms with Crippen LogP contribution in [0.2, 0.25) is 0 Å². The lowest BCUT2D eigenvalue weighted by molar-refractivity contribution is -0.131. The lowest BCUT2D eigenvalue weighted by atomic mass is 10.1. The van der Waals surface area contributed by atoms with Gasteiger partial charge in [-0.3, -0.25) is 9.69 Å². The zero-order valence-corrected chi connectivity index (χ0v) is 18.1. The highest BCUT2D eigenvalue weighted by Gasteiger charge is 2.36. The predicted octanol–water partition coefficient (Wildman–Crippen LogP) is 1.57. The molecule has 3 aliphatic heterocycles. The first-order valence-electron chi connectivity index (χ1n) is 11.7. The summed E-state index contributed by atoms with van der Waals surface area (Å²) in [6, 6.07) is 11.5. The molecule has 0 radical (unpaired) electrons. The maximum Gasteiger partial charge on any atom is 0.240 e. The monoisotopic (exact) mass is 428 g/mol. The number of piperazine rings is 1. The zero-order valence-electron chi connectivity index (χ0n) is 19.3. The number of hydrogen-bond acceptors (Lipinski definition) is 6. The van der Waals surface area contributed by atoms with Crippen LogP contribution < -0.4 is 10.2 Å². The highest BCUT2D eigenvalue weighted by Crippen LogP contribution is 2.25. The van der Waals surface area contributed by atoms with Gasteiger partial charge in [-0.15, -0.1) is 11.8 Å². The summed E-state index contributed by atoms with van der Waals surface area (Å²) in [6.45, 7) is 4.31. The van der Waals surface area contributed by atoms with Gasteiger partial charge in [-0.05, 0) is 25.5 Å². The van der Waals surface area contributed by atoms with E-state index in [1.54, 1.807) is 11.8 Å². The van der Waals surface area contributed by atoms with Crippen LogP contribution in [0.3, 0.4) is 0 Å². The van der Waals surface area contributed by atoms with Crippen LogP contribution in [-0.2, 0) is 4.79 Å². The fourth-order valence-electron chi connectivity index (χ4n) is 4.48. The van der Waals surface area contributed by atoms with Gasteiger partial charge >= 0.3 is 0 Å². The molecule has 1 aromatic heterocycles. The quantitative estimate of drug-likeness (QED) is 0.798. The van der Waals surface area contributed by atoms with Gasteiger partial charge in [0.2, 0.25) is 5.91 Å². The summed E-state index contributed by atoms with van der Waals surface area (Å²) in [5.41, 5.74) is 2.01. The van der Waals surface area contributed by atoms with Gasteiger partial charge in [-0.25, -0.2) is 4.68 Å². The number of benzene rings is 1. The molecule has 0 bridgehead atoms. The average Bonchev–Trinajstić information content (AvgIpc) is 3.53. The number of nitrogens with zero attached hydrogens (tertiary/aromatic N) is 5. The lowest BCUT2D eigenvalue weighted by Crippen LogP contribution is -2.51. The number of nitrogens with one attached hydrogen (secondary N) is 1. The molecule has 2 atom stereocenters. The van der Waals surface area contributed by atoms with Crippen LogP contribution in [0.15, 0.2) is 36.4 Å². The molecule has 3 aliphatic rings. The molecular weight excluding hydrogens is 396 g/mol. The second-order valence-electron chi connectivity index (χ2n) is 8.15. The molecule has 1 aromatic carbocycles. The van der Waals surface area contributed by atoms with Crippen molar-refractivity contribution >= 4 is 23.5 Å². The summed E-state index contributed by atoms with van der Waals surface area (Å²) >= 11 is 1.76. The van der Waals surface area contributed by atoms with Crippen molar-refractivity contribution in [2.24, 2.45) is 0 Å². The third-order valence-electron chi connectivity index (χ3n) is 6.14. The van der Waals surface area contributed by atoms with Crippen molar-refractivity contribution in [1.82, 2.24) is 24.9 Å². The van der Waals surface area contributed by atoms with Gasteiger partial charge in [-0.2, -0.15) is 5.10 Å². The van der Waals surface area contributed by atoms with Gasteiger partial charge in [-0.1, -0.05) is 18.2 Å². The van der Waals surface area contributed by atoms with Crippen molar-refractivity contribution < 1.29 is 7.54 Å². The van der Waals surface area contributed by atoms with Crippen molar-refractivity contribution in [3.05, 3.63) is 42.1 Å². The SMILES string of the molecule is [2H]C1([2H])N[C@H](C(=O)N2CCSC2)C[C@@H]1N1CCN(c2cc(C)nn2-c2ccccc2)CC1. The van der Waals surface area contributed by atoms with Crippen LogP contribution in [0.25, 0.3) is 5.69 Å².